The maximum Gasteiger partial charge on any atom is 0.104 e. The van der Waals surface area contributed by atoms with Crippen LogP contribution in [0, 0.1) is 13.8 Å². The monoisotopic (exact) mass is 264 g/mol. The Morgan fingerprint density at radius 2 is 1.70 bits per heavy atom. The molecule has 0 bridgehead atoms. The van der Waals surface area contributed by atoms with Gasteiger partial charge in [-0.15, -0.1) is 0 Å². The first-order valence-corrected chi connectivity index (χ1v) is 6.61. The Bertz CT molecular complexity index is 768. The molecule has 0 spiro atoms. The van der Waals surface area contributed by atoms with Gasteiger partial charge < -0.3 is 5.11 Å². The van der Waals surface area contributed by atoms with E-state index in [1.54, 1.807) is 12.4 Å². The summed E-state index contributed by atoms with van der Waals surface area (Å²) in [5.41, 5.74) is 5.72. The number of hydrogen-bond donors (Lipinski definition) is 1. The van der Waals surface area contributed by atoms with Crippen LogP contribution in [0.5, 0.6) is 0 Å². The van der Waals surface area contributed by atoms with Crippen LogP contribution in [0.3, 0.4) is 0 Å². The summed E-state index contributed by atoms with van der Waals surface area (Å²) in [6, 6.07) is 11.7. The first-order valence-electron chi connectivity index (χ1n) is 6.61. The van der Waals surface area contributed by atoms with E-state index in [0.29, 0.717) is 0 Å². The first-order chi connectivity index (χ1) is 9.66. The van der Waals surface area contributed by atoms with Crippen molar-refractivity contribution in [3.05, 3.63) is 71.0 Å². The molecule has 3 rings (SSSR count). The lowest BCUT2D eigenvalue weighted by molar-refractivity contribution is 0.219. The Labute approximate surface area is 117 Å². The predicted octanol–water partition coefficient (Wildman–Crippen LogP) is 3.33. The maximum absolute atomic E-state index is 10.6. The summed E-state index contributed by atoms with van der Waals surface area (Å²) in [5, 5.41) is 10.6. The fourth-order valence-corrected chi connectivity index (χ4v) is 2.40. The van der Waals surface area contributed by atoms with Crippen molar-refractivity contribution < 1.29 is 5.11 Å². The summed E-state index contributed by atoms with van der Waals surface area (Å²) < 4.78 is 0. The molecule has 0 aliphatic carbocycles. The Balaban J connectivity index is 2.08. The lowest BCUT2D eigenvalue weighted by Gasteiger charge is -2.16. The lowest BCUT2D eigenvalue weighted by atomic mass is 9.94. The highest BCUT2D eigenvalue weighted by Gasteiger charge is 2.14. The quantitative estimate of drug-likeness (QED) is 0.772. The van der Waals surface area contributed by atoms with E-state index in [1.807, 2.05) is 37.3 Å². The number of aliphatic hydroxyl groups is 1. The van der Waals surface area contributed by atoms with E-state index in [-0.39, 0.29) is 0 Å². The number of aryl methyl sites for hydroxylation is 1. The molecule has 0 saturated heterocycles. The average Bonchev–Trinajstić information content (AvgIpc) is 2.49. The molecule has 2 aromatic carbocycles. The Morgan fingerprint density at radius 1 is 0.950 bits per heavy atom. The lowest BCUT2D eigenvalue weighted by Crippen LogP contribution is -2.03. The zero-order valence-electron chi connectivity index (χ0n) is 11.5. The Hall–Kier alpha value is -2.26. The molecule has 0 aliphatic heterocycles. The van der Waals surface area contributed by atoms with Gasteiger partial charge >= 0.3 is 0 Å². The Morgan fingerprint density at radius 3 is 2.50 bits per heavy atom. The minimum absolute atomic E-state index is 0.638. The molecule has 100 valence electrons. The summed E-state index contributed by atoms with van der Waals surface area (Å²) in [6.07, 6.45) is 2.70. The van der Waals surface area contributed by atoms with Crippen molar-refractivity contribution in [2.24, 2.45) is 0 Å². The van der Waals surface area contributed by atoms with Gasteiger partial charge in [0.15, 0.2) is 0 Å². The fraction of sp³-hybridized carbons (Fsp3) is 0.176. The van der Waals surface area contributed by atoms with E-state index in [2.05, 4.69) is 23.0 Å². The van der Waals surface area contributed by atoms with E-state index in [4.69, 9.17) is 0 Å². The zero-order valence-corrected chi connectivity index (χ0v) is 11.5. The second kappa shape index (κ2) is 5.02. The third-order valence-electron chi connectivity index (χ3n) is 3.75. The smallest absolute Gasteiger partial charge is 0.104 e. The van der Waals surface area contributed by atoms with Crippen LogP contribution in [0.15, 0.2) is 48.8 Å². The van der Waals surface area contributed by atoms with Crippen LogP contribution >= 0.6 is 0 Å². The van der Waals surface area contributed by atoms with Gasteiger partial charge in [-0.2, -0.15) is 0 Å². The number of hydrogen-bond acceptors (Lipinski definition) is 3. The molecule has 20 heavy (non-hydrogen) atoms. The van der Waals surface area contributed by atoms with E-state index in [1.165, 1.54) is 5.56 Å². The van der Waals surface area contributed by atoms with Gasteiger partial charge in [0.25, 0.3) is 0 Å². The van der Waals surface area contributed by atoms with Crippen LogP contribution in [0.1, 0.15) is 28.4 Å². The van der Waals surface area contributed by atoms with Gasteiger partial charge in [0.2, 0.25) is 0 Å². The van der Waals surface area contributed by atoms with Crippen molar-refractivity contribution >= 4 is 11.0 Å². The highest BCUT2D eigenvalue weighted by atomic mass is 16.3. The largest absolute Gasteiger partial charge is 0.384 e. The van der Waals surface area contributed by atoms with Crippen molar-refractivity contribution in [2.75, 3.05) is 0 Å². The molecule has 1 aromatic heterocycles. The van der Waals surface area contributed by atoms with Gasteiger partial charge in [-0.05, 0) is 48.2 Å². The number of nitrogens with zero attached hydrogens (tertiary/aromatic N) is 2. The highest BCUT2D eigenvalue weighted by molar-refractivity contribution is 5.74. The molecular formula is C17H16N2O. The summed E-state index contributed by atoms with van der Waals surface area (Å²) in [6.45, 7) is 4.09. The van der Waals surface area contributed by atoms with Crippen LogP contribution in [0.2, 0.25) is 0 Å². The normalized spacial score (nSPS) is 12.6. The molecule has 3 heteroatoms. The van der Waals surface area contributed by atoms with Gasteiger partial charge in [0.05, 0.1) is 11.0 Å². The van der Waals surface area contributed by atoms with Crippen molar-refractivity contribution in [2.45, 2.75) is 20.0 Å². The third-order valence-corrected chi connectivity index (χ3v) is 3.75. The summed E-state index contributed by atoms with van der Waals surface area (Å²) in [7, 11) is 0. The summed E-state index contributed by atoms with van der Waals surface area (Å²) >= 11 is 0. The highest BCUT2D eigenvalue weighted by Crippen LogP contribution is 2.27. The number of benzene rings is 2. The van der Waals surface area contributed by atoms with Crippen LogP contribution in [0.25, 0.3) is 11.0 Å². The standard InChI is InChI=1S/C17H16N2O/c1-11-4-3-5-14(12(11)2)17(20)13-6-7-15-16(10-13)19-9-8-18-15/h3-10,17,20H,1-2H3. The second-order valence-corrected chi connectivity index (χ2v) is 5.00. The molecule has 0 radical (unpaired) electrons. The number of aliphatic hydroxyl groups excluding tert-OH is 1. The van der Waals surface area contributed by atoms with Gasteiger partial charge in [-0.1, -0.05) is 24.3 Å². The molecule has 1 atom stereocenters. The number of aromatic nitrogens is 2. The maximum atomic E-state index is 10.6. The van der Waals surface area contributed by atoms with Crippen LogP contribution in [-0.2, 0) is 0 Å². The fourth-order valence-electron chi connectivity index (χ4n) is 2.40. The molecule has 0 amide bonds. The molecule has 1 unspecified atom stereocenters. The Kier molecular flexibility index (Phi) is 3.20. The van der Waals surface area contributed by atoms with E-state index in [9.17, 15) is 5.11 Å². The van der Waals surface area contributed by atoms with Crippen molar-refractivity contribution in [1.82, 2.24) is 9.97 Å². The van der Waals surface area contributed by atoms with Crippen LogP contribution in [0.4, 0.5) is 0 Å². The SMILES string of the molecule is Cc1cccc(C(O)c2ccc3nccnc3c2)c1C. The van der Waals surface area contributed by atoms with Crippen molar-refractivity contribution in [3.63, 3.8) is 0 Å². The van der Waals surface area contributed by atoms with Crippen LogP contribution < -0.4 is 0 Å². The minimum Gasteiger partial charge on any atom is -0.384 e. The summed E-state index contributed by atoms with van der Waals surface area (Å²) in [5.74, 6) is 0. The van der Waals surface area contributed by atoms with Crippen molar-refractivity contribution in [1.29, 1.82) is 0 Å². The molecule has 1 heterocycles. The molecule has 0 saturated carbocycles. The van der Waals surface area contributed by atoms with Crippen molar-refractivity contribution in [3.8, 4) is 0 Å². The third kappa shape index (κ3) is 2.17. The molecule has 0 fully saturated rings. The van der Waals surface area contributed by atoms with Gasteiger partial charge in [0, 0.05) is 12.4 Å². The zero-order chi connectivity index (χ0) is 14.1. The molecule has 3 nitrogen and oxygen atoms in total. The molecular weight excluding hydrogens is 248 g/mol. The van der Waals surface area contributed by atoms with E-state index in [0.717, 1.165) is 27.7 Å². The van der Waals surface area contributed by atoms with Gasteiger partial charge in [-0.3, -0.25) is 9.97 Å². The molecule has 1 N–H and O–H groups in total. The topological polar surface area (TPSA) is 46.0 Å². The molecule has 0 aliphatic rings. The van der Waals surface area contributed by atoms with Gasteiger partial charge in [-0.25, -0.2) is 0 Å². The number of fused-ring (bicyclic) bond motifs is 1. The molecule has 3 aromatic rings. The van der Waals surface area contributed by atoms with Gasteiger partial charge in [0.1, 0.15) is 6.10 Å². The number of rotatable bonds is 2. The first kappa shape index (κ1) is 12.8. The van der Waals surface area contributed by atoms with E-state index >= 15 is 0 Å². The predicted molar refractivity (Wildman–Crippen MR) is 79.5 cm³/mol. The second-order valence-electron chi connectivity index (χ2n) is 5.00. The minimum atomic E-state index is -0.638. The van der Waals surface area contributed by atoms with E-state index < -0.39 is 6.10 Å². The average molecular weight is 264 g/mol. The summed E-state index contributed by atoms with van der Waals surface area (Å²) in [4.78, 5) is 8.53. The van der Waals surface area contributed by atoms with Crippen LogP contribution in [-0.4, -0.2) is 15.1 Å².